The Morgan fingerprint density at radius 2 is 2.22 bits per heavy atom. The molecular formula is C20H20N4O2S. The van der Waals surface area contributed by atoms with E-state index in [-0.39, 0.29) is 5.97 Å². The van der Waals surface area contributed by atoms with Crippen LogP contribution in [0, 0.1) is 18.3 Å². The topological polar surface area (TPSA) is 80.8 Å². The highest BCUT2D eigenvalue weighted by Gasteiger charge is 2.11. The number of rotatable bonds is 7. The summed E-state index contributed by atoms with van der Waals surface area (Å²) < 4.78 is 6.66. The third kappa shape index (κ3) is 4.80. The number of aromatic nitrogens is 3. The van der Waals surface area contributed by atoms with Crippen LogP contribution in [-0.4, -0.2) is 27.3 Å². The fraction of sp³-hybridized carbons (Fsp3) is 0.300. The molecule has 1 aromatic carbocycles. The van der Waals surface area contributed by atoms with Crippen LogP contribution in [0.4, 0.5) is 0 Å². The Morgan fingerprint density at radius 3 is 3.00 bits per heavy atom. The van der Waals surface area contributed by atoms with Crippen molar-refractivity contribution >= 4 is 17.3 Å². The van der Waals surface area contributed by atoms with Gasteiger partial charge in [0, 0.05) is 23.6 Å². The molecule has 138 valence electrons. The van der Waals surface area contributed by atoms with Gasteiger partial charge in [0.05, 0.1) is 36.7 Å². The van der Waals surface area contributed by atoms with Gasteiger partial charge in [-0.25, -0.2) is 9.78 Å². The van der Waals surface area contributed by atoms with Crippen LogP contribution in [-0.2, 0) is 17.7 Å². The van der Waals surface area contributed by atoms with Gasteiger partial charge in [0.25, 0.3) is 0 Å². The van der Waals surface area contributed by atoms with Gasteiger partial charge in [-0.15, -0.1) is 11.3 Å². The van der Waals surface area contributed by atoms with E-state index in [2.05, 4.69) is 29.4 Å². The molecule has 0 saturated heterocycles. The molecule has 0 spiro atoms. The zero-order valence-corrected chi connectivity index (χ0v) is 16.1. The zero-order valence-electron chi connectivity index (χ0n) is 15.3. The Labute approximate surface area is 162 Å². The van der Waals surface area contributed by atoms with Crippen molar-refractivity contribution in [3.05, 3.63) is 57.7 Å². The van der Waals surface area contributed by atoms with Crippen LogP contribution in [0.15, 0.2) is 36.0 Å². The second kappa shape index (κ2) is 8.60. The van der Waals surface area contributed by atoms with Gasteiger partial charge in [-0.05, 0) is 38.0 Å². The standard InChI is InChI=1S/C20H20N4O2S/c1-3-26-20(25)17-10-22-24(11-17)12-19-23-18(13-27-19)16-8-14(2)7-15(9-16)5-4-6-21/h7-11,13H,3-5,12H2,1-2H3. The average molecular weight is 380 g/mol. The SMILES string of the molecule is CCOC(=O)c1cnn(Cc2nc(-c3cc(C)cc(CCC#N)c3)cs2)c1. The lowest BCUT2D eigenvalue weighted by Crippen LogP contribution is -2.04. The number of carbonyl (C=O) groups is 1. The van der Waals surface area contributed by atoms with Gasteiger partial charge in [0.2, 0.25) is 0 Å². The fourth-order valence-corrected chi connectivity index (χ4v) is 3.57. The second-order valence-electron chi connectivity index (χ2n) is 6.14. The molecule has 0 fully saturated rings. The molecule has 27 heavy (non-hydrogen) atoms. The predicted molar refractivity (Wildman–Crippen MR) is 104 cm³/mol. The number of nitrogens with zero attached hydrogens (tertiary/aromatic N) is 4. The maximum absolute atomic E-state index is 11.7. The molecule has 2 heterocycles. The summed E-state index contributed by atoms with van der Waals surface area (Å²) in [6, 6.07) is 8.49. The molecule has 0 saturated carbocycles. The van der Waals surface area contributed by atoms with E-state index in [1.54, 1.807) is 29.1 Å². The molecule has 0 aliphatic heterocycles. The normalized spacial score (nSPS) is 10.6. The van der Waals surface area contributed by atoms with Crippen molar-refractivity contribution in [2.45, 2.75) is 33.2 Å². The van der Waals surface area contributed by atoms with E-state index < -0.39 is 0 Å². The van der Waals surface area contributed by atoms with E-state index in [9.17, 15) is 4.79 Å². The number of thiazole rings is 1. The lowest BCUT2D eigenvalue weighted by atomic mass is 10.0. The van der Waals surface area contributed by atoms with Gasteiger partial charge < -0.3 is 4.74 Å². The molecule has 0 radical (unpaired) electrons. The van der Waals surface area contributed by atoms with Crippen molar-refractivity contribution < 1.29 is 9.53 Å². The molecular weight excluding hydrogens is 360 g/mol. The summed E-state index contributed by atoms with van der Waals surface area (Å²) in [5.74, 6) is -0.367. The summed E-state index contributed by atoms with van der Waals surface area (Å²) in [5.41, 5.74) is 4.70. The van der Waals surface area contributed by atoms with Crippen LogP contribution in [0.25, 0.3) is 11.3 Å². The van der Waals surface area contributed by atoms with Gasteiger partial charge in [-0.3, -0.25) is 4.68 Å². The molecule has 0 aliphatic carbocycles. The molecule has 3 aromatic rings. The molecule has 0 atom stereocenters. The number of ether oxygens (including phenoxy) is 1. The van der Waals surface area contributed by atoms with Crippen molar-refractivity contribution in [2.24, 2.45) is 0 Å². The molecule has 7 heteroatoms. The Morgan fingerprint density at radius 1 is 1.37 bits per heavy atom. The van der Waals surface area contributed by atoms with Gasteiger partial charge in [0.15, 0.2) is 0 Å². The van der Waals surface area contributed by atoms with E-state index in [1.165, 1.54) is 6.20 Å². The largest absolute Gasteiger partial charge is 0.462 e. The monoisotopic (exact) mass is 380 g/mol. The first-order chi connectivity index (χ1) is 13.1. The fourth-order valence-electron chi connectivity index (χ4n) is 2.78. The molecule has 0 aliphatic rings. The van der Waals surface area contributed by atoms with Crippen LogP contribution >= 0.6 is 11.3 Å². The number of aryl methyl sites for hydroxylation is 2. The van der Waals surface area contributed by atoms with Crippen molar-refractivity contribution in [3.63, 3.8) is 0 Å². The minimum Gasteiger partial charge on any atom is -0.462 e. The lowest BCUT2D eigenvalue weighted by molar-refractivity contribution is 0.0526. The highest BCUT2D eigenvalue weighted by Crippen LogP contribution is 2.25. The smallest absolute Gasteiger partial charge is 0.341 e. The van der Waals surface area contributed by atoms with E-state index in [0.29, 0.717) is 25.1 Å². The maximum atomic E-state index is 11.7. The number of carbonyl (C=O) groups excluding carboxylic acids is 1. The summed E-state index contributed by atoms with van der Waals surface area (Å²) in [4.78, 5) is 16.4. The van der Waals surface area contributed by atoms with Gasteiger partial charge in [-0.1, -0.05) is 11.6 Å². The minimum absolute atomic E-state index is 0.340. The Hall–Kier alpha value is -2.98. The lowest BCUT2D eigenvalue weighted by Gasteiger charge is -2.04. The van der Waals surface area contributed by atoms with Crippen molar-refractivity contribution in [2.75, 3.05) is 6.61 Å². The molecule has 0 N–H and O–H groups in total. The summed E-state index contributed by atoms with van der Waals surface area (Å²) in [6.45, 7) is 4.66. The average Bonchev–Trinajstić information content (AvgIpc) is 3.30. The van der Waals surface area contributed by atoms with Crippen LogP contribution in [0.1, 0.15) is 39.8 Å². The molecule has 0 bridgehead atoms. The van der Waals surface area contributed by atoms with Crippen LogP contribution in [0.2, 0.25) is 0 Å². The Bertz CT molecular complexity index is 984. The number of hydrogen-bond donors (Lipinski definition) is 0. The molecule has 2 aromatic heterocycles. The van der Waals surface area contributed by atoms with Crippen LogP contribution < -0.4 is 0 Å². The summed E-state index contributed by atoms with van der Waals surface area (Å²) in [5, 5.41) is 15.9. The number of benzene rings is 1. The quantitative estimate of drug-likeness (QED) is 0.579. The first-order valence-corrected chi connectivity index (χ1v) is 9.59. The van der Waals surface area contributed by atoms with Crippen LogP contribution in [0.5, 0.6) is 0 Å². The van der Waals surface area contributed by atoms with Crippen LogP contribution in [0.3, 0.4) is 0 Å². The third-order valence-corrected chi connectivity index (χ3v) is 4.79. The first kappa shape index (κ1) is 18.8. The second-order valence-corrected chi connectivity index (χ2v) is 7.08. The molecule has 3 rings (SSSR count). The van der Waals surface area contributed by atoms with Crippen molar-refractivity contribution in [1.82, 2.24) is 14.8 Å². The zero-order chi connectivity index (χ0) is 19.2. The van der Waals surface area contributed by atoms with Gasteiger partial charge >= 0.3 is 5.97 Å². The van der Waals surface area contributed by atoms with E-state index in [0.717, 1.165) is 33.8 Å². The Kier molecular flexibility index (Phi) is 5.99. The molecule has 6 nitrogen and oxygen atoms in total. The highest BCUT2D eigenvalue weighted by molar-refractivity contribution is 7.09. The number of nitriles is 1. The molecule has 0 amide bonds. The van der Waals surface area contributed by atoms with E-state index >= 15 is 0 Å². The van der Waals surface area contributed by atoms with Crippen molar-refractivity contribution in [1.29, 1.82) is 5.26 Å². The first-order valence-electron chi connectivity index (χ1n) is 8.71. The summed E-state index contributed by atoms with van der Waals surface area (Å²) in [7, 11) is 0. The van der Waals surface area contributed by atoms with E-state index in [4.69, 9.17) is 15.0 Å². The third-order valence-electron chi connectivity index (χ3n) is 3.95. The van der Waals surface area contributed by atoms with E-state index in [1.807, 2.05) is 12.3 Å². The summed E-state index contributed by atoms with van der Waals surface area (Å²) >= 11 is 1.56. The molecule has 0 unspecified atom stereocenters. The predicted octanol–water partition coefficient (Wildman–Crippen LogP) is 4.00. The van der Waals surface area contributed by atoms with Gasteiger partial charge in [-0.2, -0.15) is 10.4 Å². The Balaban J connectivity index is 1.75. The summed E-state index contributed by atoms with van der Waals surface area (Å²) in [6.07, 6.45) is 4.43. The maximum Gasteiger partial charge on any atom is 0.341 e. The van der Waals surface area contributed by atoms with Gasteiger partial charge in [0.1, 0.15) is 5.01 Å². The van der Waals surface area contributed by atoms with Crippen molar-refractivity contribution in [3.8, 4) is 17.3 Å². The highest BCUT2D eigenvalue weighted by atomic mass is 32.1. The minimum atomic E-state index is -0.367. The number of esters is 1. The number of hydrogen-bond acceptors (Lipinski definition) is 6.